The van der Waals surface area contributed by atoms with E-state index < -0.39 is 17.7 Å². The first kappa shape index (κ1) is 16.7. The third kappa shape index (κ3) is 3.86. The summed E-state index contributed by atoms with van der Waals surface area (Å²) in [6, 6.07) is 6.16. The maximum Gasteiger partial charge on any atom is 0.308 e. The van der Waals surface area contributed by atoms with Crippen LogP contribution in [0.3, 0.4) is 0 Å². The quantitative estimate of drug-likeness (QED) is 0.778. The molecule has 1 aliphatic carbocycles. The van der Waals surface area contributed by atoms with Crippen molar-refractivity contribution in [1.82, 2.24) is 4.90 Å². The van der Waals surface area contributed by atoms with Crippen molar-refractivity contribution in [3.05, 3.63) is 30.1 Å². The van der Waals surface area contributed by atoms with E-state index in [0.717, 1.165) is 12.8 Å². The predicted octanol–water partition coefficient (Wildman–Crippen LogP) is 2.55. The Morgan fingerprint density at radius 1 is 1.25 bits per heavy atom. The zero-order valence-corrected chi connectivity index (χ0v) is 13.5. The number of aliphatic carboxylic acids is 1. The van der Waals surface area contributed by atoms with Gasteiger partial charge in [-0.1, -0.05) is 12.1 Å². The molecule has 0 spiro atoms. The van der Waals surface area contributed by atoms with Gasteiger partial charge in [0.1, 0.15) is 0 Å². The van der Waals surface area contributed by atoms with E-state index in [1.807, 2.05) is 0 Å². The number of hydrogen-bond acceptors (Lipinski definition) is 3. The van der Waals surface area contributed by atoms with E-state index in [0.29, 0.717) is 25.4 Å². The van der Waals surface area contributed by atoms with Gasteiger partial charge >= 0.3 is 5.97 Å². The molecule has 0 unspecified atom stereocenters. The summed E-state index contributed by atoms with van der Waals surface area (Å²) in [5.41, 5.74) is 0. The van der Waals surface area contributed by atoms with Crippen LogP contribution in [-0.4, -0.2) is 41.6 Å². The highest BCUT2D eigenvalue weighted by atomic mass is 19.1. The number of rotatable bonds is 7. The Morgan fingerprint density at radius 2 is 2.00 bits per heavy atom. The Labute approximate surface area is 140 Å². The summed E-state index contributed by atoms with van der Waals surface area (Å²) < 4.78 is 18.7. The van der Waals surface area contributed by atoms with E-state index in [-0.39, 0.29) is 30.6 Å². The molecule has 2 atom stereocenters. The average Bonchev–Trinajstić information content (AvgIpc) is 3.30. The zero-order valence-electron chi connectivity index (χ0n) is 13.5. The van der Waals surface area contributed by atoms with Crippen LogP contribution < -0.4 is 4.74 Å². The second-order valence-corrected chi connectivity index (χ2v) is 6.63. The second-order valence-electron chi connectivity index (χ2n) is 6.63. The monoisotopic (exact) mass is 335 g/mol. The molecule has 1 heterocycles. The summed E-state index contributed by atoms with van der Waals surface area (Å²) in [7, 11) is 0. The maximum absolute atomic E-state index is 13.4. The molecule has 2 fully saturated rings. The molecule has 1 aromatic rings. The van der Waals surface area contributed by atoms with E-state index in [4.69, 9.17) is 4.74 Å². The van der Waals surface area contributed by atoms with Crippen LogP contribution in [0.25, 0.3) is 0 Å². The van der Waals surface area contributed by atoms with Crippen molar-refractivity contribution in [2.45, 2.75) is 25.7 Å². The summed E-state index contributed by atoms with van der Waals surface area (Å²) >= 11 is 0. The van der Waals surface area contributed by atoms with Crippen molar-refractivity contribution in [1.29, 1.82) is 0 Å². The van der Waals surface area contributed by atoms with Gasteiger partial charge in [-0.2, -0.15) is 0 Å². The highest BCUT2D eigenvalue weighted by molar-refractivity contribution is 5.79. The number of carbonyl (C=O) groups excluding carboxylic acids is 1. The molecule has 130 valence electrons. The fourth-order valence-electron chi connectivity index (χ4n) is 3.42. The smallest absolute Gasteiger partial charge is 0.308 e. The lowest BCUT2D eigenvalue weighted by Crippen LogP contribution is -2.30. The lowest BCUT2D eigenvalue weighted by molar-refractivity contribution is -0.142. The minimum absolute atomic E-state index is 0.0402. The third-order valence-corrected chi connectivity index (χ3v) is 4.89. The first-order chi connectivity index (χ1) is 11.6. The molecule has 24 heavy (non-hydrogen) atoms. The van der Waals surface area contributed by atoms with E-state index in [1.165, 1.54) is 6.07 Å². The average molecular weight is 335 g/mol. The van der Waals surface area contributed by atoms with E-state index in [9.17, 15) is 19.1 Å². The summed E-state index contributed by atoms with van der Waals surface area (Å²) in [6.07, 6.45) is 2.92. The minimum atomic E-state index is -0.801. The molecule has 0 bridgehead atoms. The van der Waals surface area contributed by atoms with Crippen molar-refractivity contribution in [3.8, 4) is 5.75 Å². The lowest BCUT2D eigenvalue weighted by atomic mass is 9.92. The van der Waals surface area contributed by atoms with Crippen molar-refractivity contribution in [2.75, 3.05) is 19.7 Å². The van der Waals surface area contributed by atoms with Crippen LogP contribution in [0.2, 0.25) is 0 Å². The van der Waals surface area contributed by atoms with Gasteiger partial charge in [-0.05, 0) is 43.2 Å². The Kier molecular flexibility index (Phi) is 5.02. The highest BCUT2D eigenvalue weighted by Crippen LogP contribution is 2.44. The Hall–Kier alpha value is -2.11. The largest absolute Gasteiger partial charge is 0.491 e. The molecule has 5 nitrogen and oxygen atoms in total. The van der Waals surface area contributed by atoms with Crippen LogP contribution in [-0.2, 0) is 9.59 Å². The van der Waals surface area contributed by atoms with Gasteiger partial charge in [-0.15, -0.1) is 0 Å². The van der Waals surface area contributed by atoms with Crippen LogP contribution in [0.15, 0.2) is 24.3 Å². The number of ether oxygens (including phenoxy) is 1. The second kappa shape index (κ2) is 7.20. The van der Waals surface area contributed by atoms with Crippen molar-refractivity contribution in [3.63, 3.8) is 0 Å². The molecule has 1 saturated heterocycles. The number of carbonyl (C=O) groups is 2. The topological polar surface area (TPSA) is 66.8 Å². The molecule has 1 amide bonds. The van der Waals surface area contributed by atoms with E-state index >= 15 is 0 Å². The number of amides is 1. The fourth-order valence-corrected chi connectivity index (χ4v) is 3.42. The molecule has 1 N–H and O–H groups in total. The van der Waals surface area contributed by atoms with E-state index in [1.54, 1.807) is 23.1 Å². The van der Waals surface area contributed by atoms with Crippen molar-refractivity contribution >= 4 is 11.9 Å². The molecular formula is C18H22FNO4. The third-order valence-electron chi connectivity index (χ3n) is 4.89. The van der Waals surface area contributed by atoms with Gasteiger partial charge in [0.2, 0.25) is 5.91 Å². The number of carboxylic acids is 1. The summed E-state index contributed by atoms with van der Waals surface area (Å²) in [5.74, 6) is -0.942. The zero-order chi connectivity index (χ0) is 17.1. The molecule has 3 rings (SSSR count). The SMILES string of the molecule is O=C(O)[C@H]1CN(C(=O)CCCOc2ccccc2F)C[C@@H]1C1CC1. The number of hydrogen-bond donors (Lipinski definition) is 1. The maximum atomic E-state index is 13.4. The fraction of sp³-hybridized carbons (Fsp3) is 0.556. The number of para-hydroxylation sites is 1. The van der Waals surface area contributed by atoms with Gasteiger partial charge in [-0.3, -0.25) is 9.59 Å². The number of halogens is 1. The molecule has 1 saturated carbocycles. The van der Waals surface area contributed by atoms with Crippen LogP contribution in [0.4, 0.5) is 4.39 Å². The molecule has 0 radical (unpaired) electrons. The van der Waals surface area contributed by atoms with Crippen LogP contribution >= 0.6 is 0 Å². The summed E-state index contributed by atoms with van der Waals surface area (Å²) in [4.78, 5) is 25.3. The lowest BCUT2D eigenvalue weighted by Gasteiger charge is -2.16. The standard InChI is InChI=1S/C18H22FNO4/c19-15-4-1-2-5-16(15)24-9-3-6-17(21)20-10-13(12-7-8-12)14(11-20)18(22)23/h1-2,4-5,12-14H,3,6-11H2,(H,22,23)/t13-,14+/m1/s1. The first-order valence-corrected chi connectivity index (χ1v) is 8.44. The molecule has 2 aliphatic rings. The number of carboxylic acid groups (broad SMARTS) is 1. The normalized spacial score (nSPS) is 23.3. The predicted molar refractivity (Wildman–Crippen MR) is 85.0 cm³/mol. The minimum Gasteiger partial charge on any atom is -0.491 e. The summed E-state index contributed by atoms with van der Waals surface area (Å²) in [5, 5.41) is 9.33. The van der Waals surface area contributed by atoms with Gasteiger partial charge in [0.25, 0.3) is 0 Å². The highest BCUT2D eigenvalue weighted by Gasteiger charge is 2.46. The molecule has 0 aromatic heterocycles. The molecule has 1 aromatic carbocycles. The molecule has 6 heteroatoms. The van der Waals surface area contributed by atoms with Crippen molar-refractivity contribution < 1.29 is 23.8 Å². The Morgan fingerprint density at radius 3 is 2.67 bits per heavy atom. The molecular weight excluding hydrogens is 313 g/mol. The summed E-state index contributed by atoms with van der Waals surface area (Å²) in [6.45, 7) is 1.12. The number of nitrogens with zero attached hydrogens (tertiary/aromatic N) is 1. The number of benzene rings is 1. The van der Waals surface area contributed by atoms with E-state index in [2.05, 4.69) is 0 Å². The van der Waals surface area contributed by atoms with Gasteiger partial charge in [0.15, 0.2) is 11.6 Å². The van der Waals surface area contributed by atoms with Gasteiger partial charge < -0.3 is 14.7 Å². The van der Waals surface area contributed by atoms with Gasteiger partial charge in [0, 0.05) is 19.5 Å². The van der Waals surface area contributed by atoms with Gasteiger partial charge in [0.05, 0.1) is 12.5 Å². The molecule has 1 aliphatic heterocycles. The van der Waals surface area contributed by atoms with Crippen LogP contribution in [0.1, 0.15) is 25.7 Å². The van der Waals surface area contributed by atoms with Crippen LogP contribution in [0.5, 0.6) is 5.75 Å². The van der Waals surface area contributed by atoms with Gasteiger partial charge in [-0.25, -0.2) is 4.39 Å². The van der Waals surface area contributed by atoms with Crippen LogP contribution in [0, 0.1) is 23.6 Å². The Balaban J connectivity index is 1.44. The Bertz CT molecular complexity index is 617. The van der Waals surface area contributed by atoms with Crippen molar-refractivity contribution in [2.24, 2.45) is 17.8 Å². The first-order valence-electron chi connectivity index (χ1n) is 8.44. The number of likely N-dealkylation sites (tertiary alicyclic amines) is 1.